The fourth-order valence-corrected chi connectivity index (χ4v) is 4.21. The summed E-state index contributed by atoms with van der Waals surface area (Å²) in [6, 6.07) is 12.1. The molecule has 1 saturated carbocycles. The maximum atomic E-state index is 13.6. The molecule has 2 aliphatic rings. The van der Waals surface area contributed by atoms with Gasteiger partial charge in [0.1, 0.15) is 11.6 Å². The summed E-state index contributed by atoms with van der Waals surface area (Å²) < 4.78 is 19.6. The fraction of sp³-hybridized carbons (Fsp3) is 0.462. The Morgan fingerprint density at radius 1 is 1.12 bits per heavy atom. The molecule has 6 heteroatoms. The molecule has 1 heterocycles. The predicted molar refractivity (Wildman–Crippen MR) is 121 cm³/mol. The molecule has 0 radical (unpaired) electrons. The second kappa shape index (κ2) is 9.31. The van der Waals surface area contributed by atoms with Gasteiger partial charge >= 0.3 is 0 Å². The number of carbonyl (C=O) groups is 2. The maximum absolute atomic E-state index is 13.6. The average molecular weight is 439 g/mol. The van der Waals surface area contributed by atoms with Crippen LogP contribution in [-0.2, 0) is 16.0 Å². The molecule has 0 spiro atoms. The van der Waals surface area contributed by atoms with Crippen LogP contribution in [0.5, 0.6) is 5.75 Å². The minimum Gasteiger partial charge on any atom is -0.481 e. The van der Waals surface area contributed by atoms with Gasteiger partial charge in [0.05, 0.1) is 6.04 Å². The first-order valence-corrected chi connectivity index (χ1v) is 11.5. The van der Waals surface area contributed by atoms with Gasteiger partial charge in [-0.1, -0.05) is 32.0 Å². The average Bonchev–Trinajstić information content (AvgIpc) is 3.57. The monoisotopic (exact) mass is 438 g/mol. The van der Waals surface area contributed by atoms with Crippen LogP contribution in [0.1, 0.15) is 62.8 Å². The van der Waals surface area contributed by atoms with Crippen LogP contribution in [0.2, 0.25) is 0 Å². The number of nitrogens with one attached hydrogen (secondary N) is 1. The van der Waals surface area contributed by atoms with E-state index >= 15 is 0 Å². The van der Waals surface area contributed by atoms with Crippen molar-refractivity contribution in [3.63, 3.8) is 0 Å². The Labute approximate surface area is 188 Å². The highest BCUT2D eigenvalue weighted by atomic mass is 19.1. The lowest BCUT2D eigenvalue weighted by Crippen LogP contribution is -2.41. The van der Waals surface area contributed by atoms with Crippen LogP contribution in [0.3, 0.4) is 0 Å². The predicted octanol–water partition coefficient (Wildman–Crippen LogP) is 4.39. The summed E-state index contributed by atoms with van der Waals surface area (Å²) in [5, 5.41) is 2.96. The Balaban J connectivity index is 1.64. The molecule has 2 amide bonds. The lowest BCUT2D eigenvalue weighted by Gasteiger charge is -2.38. The van der Waals surface area contributed by atoms with Crippen LogP contribution in [0.15, 0.2) is 42.5 Å². The molecule has 1 aliphatic carbocycles. The van der Waals surface area contributed by atoms with E-state index in [-0.39, 0.29) is 35.6 Å². The van der Waals surface area contributed by atoms with Crippen molar-refractivity contribution >= 4 is 11.8 Å². The maximum Gasteiger partial charge on any atom is 0.260 e. The normalized spacial score (nSPS) is 18.8. The first-order valence-electron chi connectivity index (χ1n) is 11.5. The number of hydrogen-bond donors (Lipinski definition) is 1. The summed E-state index contributed by atoms with van der Waals surface area (Å²) in [6.07, 6.45) is 2.64. The molecule has 0 aromatic heterocycles. The summed E-state index contributed by atoms with van der Waals surface area (Å²) in [5.41, 5.74) is 2.96. The minimum absolute atomic E-state index is 0.0866. The van der Waals surface area contributed by atoms with Gasteiger partial charge in [-0.15, -0.1) is 0 Å². The molecule has 0 unspecified atom stereocenters. The second-order valence-electron chi connectivity index (χ2n) is 9.29. The largest absolute Gasteiger partial charge is 0.481 e. The van der Waals surface area contributed by atoms with Crippen molar-refractivity contribution in [1.29, 1.82) is 0 Å². The van der Waals surface area contributed by atoms with Gasteiger partial charge in [0, 0.05) is 19.0 Å². The number of fused-ring (bicyclic) bond motifs is 1. The van der Waals surface area contributed by atoms with E-state index < -0.39 is 6.10 Å². The van der Waals surface area contributed by atoms with Crippen molar-refractivity contribution in [3.8, 4) is 5.75 Å². The molecule has 2 aromatic carbocycles. The number of nitrogens with zero attached hydrogens (tertiary/aromatic N) is 1. The van der Waals surface area contributed by atoms with Gasteiger partial charge < -0.3 is 15.0 Å². The number of carbonyl (C=O) groups excluding carboxylic acids is 2. The van der Waals surface area contributed by atoms with E-state index in [0.717, 1.165) is 36.0 Å². The molecular formula is C26H31FN2O3. The van der Waals surface area contributed by atoms with Gasteiger partial charge in [0.25, 0.3) is 5.91 Å². The van der Waals surface area contributed by atoms with E-state index in [9.17, 15) is 14.0 Å². The van der Waals surface area contributed by atoms with Gasteiger partial charge in [0.15, 0.2) is 6.10 Å². The van der Waals surface area contributed by atoms with Crippen molar-refractivity contribution in [2.75, 3.05) is 6.54 Å². The van der Waals surface area contributed by atoms with Crippen LogP contribution in [0.4, 0.5) is 4.39 Å². The van der Waals surface area contributed by atoms with Gasteiger partial charge in [-0.3, -0.25) is 9.59 Å². The Bertz CT molecular complexity index is 985. The van der Waals surface area contributed by atoms with E-state index in [4.69, 9.17) is 4.74 Å². The first-order chi connectivity index (χ1) is 15.3. The molecule has 2 atom stereocenters. The van der Waals surface area contributed by atoms with Crippen LogP contribution >= 0.6 is 0 Å². The summed E-state index contributed by atoms with van der Waals surface area (Å²) in [5.74, 6) is 0.501. The third kappa shape index (κ3) is 5.12. The molecule has 32 heavy (non-hydrogen) atoms. The highest BCUT2D eigenvalue weighted by molar-refractivity contribution is 5.81. The van der Waals surface area contributed by atoms with E-state index in [1.807, 2.05) is 36.9 Å². The Kier molecular flexibility index (Phi) is 6.49. The first kappa shape index (κ1) is 22.3. The number of benzene rings is 2. The molecule has 4 rings (SSSR count). The standard InChI is InChI=1S/C26H31FN2O3/c1-16(2)14-24(30)29-13-12-18-6-11-22(32-17(3)26(31)28-21-9-10-21)15-23(18)25(29)19-4-7-20(27)8-5-19/h4-8,11,15-17,21,25H,9-10,12-14H2,1-3H3,(H,28,31)/t17-,25+/m1/s1. The highest BCUT2D eigenvalue weighted by Crippen LogP contribution is 2.38. The zero-order valence-electron chi connectivity index (χ0n) is 18.9. The molecular weight excluding hydrogens is 407 g/mol. The number of hydrogen-bond acceptors (Lipinski definition) is 3. The topological polar surface area (TPSA) is 58.6 Å². The zero-order chi connectivity index (χ0) is 22.8. The third-order valence-electron chi connectivity index (χ3n) is 6.04. The lowest BCUT2D eigenvalue weighted by molar-refractivity contribution is -0.134. The van der Waals surface area contributed by atoms with Gasteiger partial charge in [-0.2, -0.15) is 0 Å². The van der Waals surface area contributed by atoms with Crippen LogP contribution in [0, 0.1) is 11.7 Å². The lowest BCUT2D eigenvalue weighted by atomic mass is 9.87. The molecule has 0 saturated heterocycles. The molecule has 170 valence electrons. The number of amides is 2. The zero-order valence-corrected chi connectivity index (χ0v) is 18.9. The van der Waals surface area contributed by atoms with Crippen LogP contribution in [-0.4, -0.2) is 35.4 Å². The van der Waals surface area contributed by atoms with E-state index in [2.05, 4.69) is 5.32 Å². The molecule has 1 fully saturated rings. The third-order valence-corrected chi connectivity index (χ3v) is 6.04. The number of ether oxygens (including phenoxy) is 1. The van der Waals surface area contributed by atoms with Crippen LogP contribution < -0.4 is 10.1 Å². The van der Waals surface area contributed by atoms with E-state index in [1.54, 1.807) is 19.1 Å². The Morgan fingerprint density at radius 2 is 1.84 bits per heavy atom. The van der Waals surface area contributed by atoms with Crippen LogP contribution in [0.25, 0.3) is 0 Å². The summed E-state index contributed by atoms with van der Waals surface area (Å²) in [4.78, 5) is 27.3. The Hall–Kier alpha value is -2.89. The minimum atomic E-state index is -0.611. The number of rotatable bonds is 7. The SMILES string of the molecule is CC(C)CC(=O)N1CCc2ccc(O[C@H](C)C(=O)NC3CC3)cc2[C@@H]1c1ccc(F)cc1. The van der Waals surface area contributed by atoms with Gasteiger partial charge in [0.2, 0.25) is 5.91 Å². The van der Waals surface area contributed by atoms with Crippen molar-refractivity contribution in [3.05, 3.63) is 65.0 Å². The summed E-state index contributed by atoms with van der Waals surface area (Å²) in [6.45, 7) is 6.42. The van der Waals surface area contributed by atoms with E-state index in [0.29, 0.717) is 18.7 Å². The van der Waals surface area contributed by atoms with Crippen molar-refractivity contribution in [1.82, 2.24) is 10.2 Å². The van der Waals surface area contributed by atoms with E-state index in [1.165, 1.54) is 12.1 Å². The molecule has 0 bridgehead atoms. The molecule has 1 N–H and O–H groups in total. The van der Waals surface area contributed by atoms with Gasteiger partial charge in [-0.05, 0) is 73.1 Å². The van der Waals surface area contributed by atoms with Crippen molar-refractivity contribution < 1.29 is 18.7 Å². The fourth-order valence-electron chi connectivity index (χ4n) is 4.21. The Morgan fingerprint density at radius 3 is 2.50 bits per heavy atom. The molecule has 2 aromatic rings. The quantitative estimate of drug-likeness (QED) is 0.698. The van der Waals surface area contributed by atoms with Gasteiger partial charge in [-0.25, -0.2) is 4.39 Å². The van der Waals surface area contributed by atoms with Crippen molar-refractivity contribution in [2.45, 2.75) is 64.6 Å². The summed E-state index contributed by atoms with van der Waals surface area (Å²) in [7, 11) is 0. The van der Waals surface area contributed by atoms with Crippen molar-refractivity contribution in [2.24, 2.45) is 5.92 Å². The summed E-state index contributed by atoms with van der Waals surface area (Å²) >= 11 is 0. The number of halogens is 1. The second-order valence-corrected chi connectivity index (χ2v) is 9.29. The highest BCUT2D eigenvalue weighted by Gasteiger charge is 2.33. The molecule has 5 nitrogen and oxygen atoms in total. The smallest absolute Gasteiger partial charge is 0.260 e. The molecule has 1 aliphatic heterocycles.